The molecule has 0 amide bonds. The summed E-state index contributed by atoms with van der Waals surface area (Å²) in [5.74, 6) is -3.53. The van der Waals surface area contributed by atoms with E-state index in [1.54, 1.807) is 0 Å². The Bertz CT molecular complexity index is 641. The van der Waals surface area contributed by atoms with Gasteiger partial charge in [0.1, 0.15) is 0 Å². The minimum atomic E-state index is -3.35. The average Bonchev–Trinajstić information content (AvgIpc) is 3.45. The number of rotatable bonds is 16. The number of hydrogen-bond acceptors (Lipinski definition) is 12. The number of esters is 4. The largest absolute Gasteiger partial charge is 1.00 e. The zero-order valence-corrected chi connectivity index (χ0v) is 26.4. The fraction of sp³-hybridized carbons (Fsp3) is 0.833. The third-order valence-electron chi connectivity index (χ3n) is 5.70. The number of carbonyl (C=O) groups excluding carboxylic acids is 4. The topological polar surface area (TPSA) is 142 Å². The molecule has 0 aliphatic carbocycles. The second kappa shape index (κ2) is 18.7. The van der Waals surface area contributed by atoms with Crippen LogP contribution in [0.15, 0.2) is 0 Å². The Balaban J connectivity index is 0.00000722. The van der Waals surface area contributed by atoms with Crippen LogP contribution in [0.4, 0.5) is 0 Å². The first-order chi connectivity index (χ1) is 17.8. The van der Waals surface area contributed by atoms with Crippen molar-refractivity contribution < 1.29 is 108 Å². The van der Waals surface area contributed by atoms with Crippen LogP contribution >= 0.6 is 0 Å². The van der Waals surface area contributed by atoms with E-state index in [0.29, 0.717) is 25.7 Å². The fourth-order valence-corrected chi connectivity index (χ4v) is 3.51. The van der Waals surface area contributed by atoms with Crippen LogP contribution in [0.25, 0.3) is 0 Å². The van der Waals surface area contributed by atoms with Crippen molar-refractivity contribution in [3.63, 3.8) is 0 Å². The molecule has 2 aliphatic rings. The third kappa shape index (κ3) is 10.4. The Kier molecular flexibility index (Phi) is 17.5. The first-order valence-corrected chi connectivity index (χ1v) is 13.3. The molecule has 0 unspecified atom stereocenters. The van der Waals surface area contributed by atoms with Gasteiger partial charge in [0.15, 0.2) is 24.4 Å². The Hall–Kier alpha value is -0.579. The molecule has 2 rings (SSSR count). The van der Waals surface area contributed by atoms with E-state index in [1.807, 2.05) is 27.7 Å². The standard InChI is InChI=1S/C24H40BO12.K/c1-5-9-13-30-21(26)17-18(22(27)31-14-10-6-2)35-25(34-17)36-19(23(28)32-15-11-7-3)20(37-25)24(29)33-16-12-8-4;/h17-20H,5-16H2,1-4H3;/q-1;+1/t17-,18-,19-,20-;/m1./s1. The van der Waals surface area contributed by atoms with Crippen molar-refractivity contribution in [3.05, 3.63) is 0 Å². The zero-order valence-electron chi connectivity index (χ0n) is 23.3. The molecule has 14 heteroatoms. The smallest absolute Gasteiger partial charge is 0.505 e. The molecule has 4 atom stereocenters. The van der Waals surface area contributed by atoms with E-state index in [-0.39, 0.29) is 77.8 Å². The van der Waals surface area contributed by atoms with E-state index in [0.717, 1.165) is 25.7 Å². The summed E-state index contributed by atoms with van der Waals surface area (Å²) < 4.78 is 43.5. The summed E-state index contributed by atoms with van der Waals surface area (Å²) in [6.45, 7) is 4.77. The van der Waals surface area contributed by atoms with Gasteiger partial charge in [-0.05, 0) is 25.7 Å². The average molecular weight is 570 g/mol. The van der Waals surface area contributed by atoms with Gasteiger partial charge in [-0.2, -0.15) is 0 Å². The Morgan fingerprint density at radius 3 is 0.895 bits per heavy atom. The third-order valence-corrected chi connectivity index (χ3v) is 5.70. The molecule has 2 aliphatic heterocycles. The van der Waals surface area contributed by atoms with Crippen molar-refractivity contribution in [2.45, 2.75) is 103 Å². The summed E-state index contributed by atoms with van der Waals surface area (Å²) >= 11 is 0. The molecule has 0 aromatic heterocycles. The summed E-state index contributed by atoms with van der Waals surface area (Å²) in [6, 6.07) is 0. The van der Waals surface area contributed by atoms with Crippen molar-refractivity contribution in [1.29, 1.82) is 0 Å². The zero-order chi connectivity index (χ0) is 27.3. The maximum absolute atomic E-state index is 12.8. The molecule has 0 saturated carbocycles. The van der Waals surface area contributed by atoms with Crippen molar-refractivity contribution in [1.82, 2.24) is 0 Å². The molecule has 1 spiro atoms. The predicted molar refractivity (Wildman–Crippen MR) is 129 cm³/mol. The summed E-state index contributed by atoms with van der Waals surface area (Å²) in [5.41, 5.74) is 0. The normalized spacial score (nSPS) is 23.5. The van der Waals surface area contributed by atoms with E-state index >= 15 is 0 Å². The number of hydrogen-bond donors (Lipinski definition) is 0. The molecule has 38 heavy (non-hydrogen) atoms. The van der Waals surface area contributed by atoms with Gasteiger partial charge in [-0.3, -0.25) is 0 Å². The maximum atomic E-state index is 12.8. The van der Waals surface area contributed by atoms with E-state index in [1.165, 1.54) is 0 Å². The molecule has 0 bridgehead atoms. The van der Waals surface area contributed by atoms with Crippen LogP contribution in [-0.4, -0.2) is 81.7 Å². The molecule has 0 aromatic carbocycles. The molecular formula is C24H40BKO12. The van der Waals surface area contributed by atoms with Gasteiger partial charge in [-0.25, -0.2) is 19.2 Å². The van der Waals surface area contributed by atoms with Crippen molar-refractivity contribution in [2.24, 2.45) is 0 Å². The van der Waals surface area contributed by atoms with Crippen LogP contribution in [0, 0.1) is 0 Å². The molecule has 0 N–H and O–H groups in total. The number of carbonyl (C=O) groups is 4. The summed E-state index contributed by atoms with van der Waals surface area (Å²) in [6.07, 6.45) is -0.814. The van der Waals surface area contributed by atoms with E-state index in [4.69, 9.17) is 37.6 Å². The Morgan fingerprint density at radius 2 is 0.711 bits per heavy atom. The second-order valence-corrected chi connectivity index (χ2v) is 8.89. The van der Waals surface area contributed by atoms with Gasteiger partial charge in [-0.1, -0.05) is 53.4 Å². The predicted octanol–water partition coefficient (Wildman–Crippen LogP) is -0.633. The second-order valence-electron chi connectivity index (χ2n) is 8.89. The minimum Gasteiger partial charge on any atom is -0.505 e. The van der Waals surface area contributed by atoms with Crippen LogP contribution in [0.5, 0.6) is 0 Å². The Labute approximate surface area is 266 Å². The van der Waals surface area contributed by atoms with Gasteiger partial charge in [-0.15, -0.1) is 0 Å². The molecular weight excluding hydrogens is 530 g/mol. The van der Waals surface area contributed by atoms with E-state index in [9.17, 15) is 19.2 Å². The molecule has 2 fully saturated rings. The summed E-state index contributed by atoms with van der Waals surface area (Å²) in [4.78, 5) is 51.1. The first-order valence-electron chi connectivity index (χ1n) is 13.3. The van der Waals surface area contributed by atoms with Crippen molar-refractivity contribution >= 4 is 30.8 Å². The van der Waals surface area contributed by atoms with Gasteiger partial charge < -0.3 is 37.6 Å². The molecule has 0 radical (unpaired) electrons. The van der Waals surface area contributed by atoms with Gasteiger partial charge in [0.2, 0.25) is 0 Å². The van der Waals surface area contributed by atoms with Crippen LogP contribution in [0.2, 0.25) is 0 Å². The van der Waals surface area contributed by atoms with E-state index in [2.05, 4.69) is 0 Å². The van der Waals surface area contributed by atoms with Crippen LogP contribution in [-0.2, 0) is 56.7 Å². The van der Waals surface area contributed by atoms with Crippen molar-refractivity contribution in [2.75, 3.05) is 26.4 Å². The molecule has 212 valence electrons. The SMILES string of the molecule is CCCCOC(=O)[C@@H]1O[B-]2(O[C@H]1C(=O)OCCCC)O[C@@H](C(=O)OCCCC)[C@H](C(=O)OCCCC)O2.[K+]. The molecule has 12 nitrogen and oxygen atoms in total. The first kappa shape index (κ1) is 35.4. The quantitative estimate of drug-likeness (QED) is 0.101. The van der Waals surface area contributed by atoms with Gasteiger partial charge in [0, 0.05) is 0 Å². The molecule has 0 aromatic rings. The van der Waals surface area contributed by atoms with Gasteiger partial charge in [0.25, 0.3) is 0 Å². The van der Waals surface area contributed by atoms with Crippen LogP contribution in [0.3, 0.4) is 0 Å². The van der Waals surface area contributed by atoms with E-state index < -0.39 is 55.3 Å². The summed E-state index contributed by atoms with van der Waals surface area (Å²) in [5, 5.41) is 0. The van der Waals surface area contributed by atoms with Crippen LogP contribution < -0.4 is 51.4 Å². The van der Waals surface area contributed by atoms with Gasteiger partial charge in [0.05, 0.1) is 26.4 Å². The fourth-order valence-electron chi connectivity index (χ4n) is 3.51. The molecule has 2 saturated heterocycles. The summed E-state index contributed by atoms with van der Waals surface area (Å²) in [7, 11) is 0. The van der Waals surface area contributed by atoms with Gasteiger partial charge >= 0.3 is 82.2 Å². The van der Waals surface area contributed by atoms with Crippen molar-refractivity contribution in [3.8, 4) is 0 Å². The Morgan fingerprint density at radius 1 is 0.500 bits per heavy atom. The monoisotopic (exact) mass is 570 g/mol. The van der Waals surface area contributed by atoms with Crippen LogP contribution in [0.1, 0.15) is 79.1 Å². The number of ether oxygens (including phenoxy) is 4. The maximum Gasteiger partial charge on any atom is 1.00 e. The minimum absolute atomic E-state index is 0. The number of unbranched alkanes of at least 4 members (excludes halogenated alkanes) is 4. The molecule has 2 heterocycles.